The van der Waals surface area contributed by atoms with Crippen molar-refractivity contribution in [1.82, 2.24) is 30.4 Å². The zero-order valence-corrected chi connectivity index (χ0v) is 14.4. The molecular weight excluding hydrogens is 344 g/mol. The number of likely N-dealkylation sites (tertiary alicyclic amines) is 1. The molecule has 3 rings (SSSR count). The Hall–Kier alpha value is -2.48. The second kappa shape index (κ2) is 8.06. The third-order valence-electron chi connectivity index (χ3n) is 4.08. The van der Waals surface area contributed by atoms with Crippen LogP contribution in [0.1, 0.15) is 24.8 Å². The summed E-state index contributed by atoms with van der Waals surface area (Å²) in [4.78, 5) is 25.9. The van der Waals surface area contributed by atoms with Crippen LogP contribution in [0.5, 0.6) is 0 Å². The van der Waals surface area contributed by atoms with Crippen LogP contribution in [-0.2, 0) is 22.7 Å². The lowest BCUT2D eigenvalue weighted by molar-refractivity contribution is -0.128. The molecule has 25 heavy (non-hydrogen) atoms. The van der Waals surface area contributed by atoms with E-state index in [0.29, 0.717) is 43.9 Å². The molecule has 1 N–H and O–H groups in total. The molecule has 0 bridgehead atoms. The molecular formula is C16H19ClN6O2. The molecule has 1 atom stereocenters. The van der Waals surface area contributed by atoms with Crippen molar-refractivity contribution in [3.05, 3.63) is 41.2 Å². The molecule has 1 fully saturated rings. The second-order valence-corrected chi connectivity index (χ2v) is 6.42. The molecule has 2 amide bonds. The Morgan fingerprint density at radius 2 is 2.20 bits per heavy atom. The van der Waals surface area contributed by atoms with Crippen LogP contribution in [-0.4, -0.2) is 49.5 Å². The Labute approximate surface area is 150 Å². The Bertz CT molecular complexity index is 736. The van der Waals surface area contributed by atoms with Crippen LogP contribution in [0, 0.1) is 0 Å². The maximum absolute atomic E-state index is 12.2. The predicted molar refractivity (Wildman–Crippen MR) is 90.5 cm³/mol. The van der Waals surface area contributed by atoms with E-state index in [1.807, 2.05) is 18.2 Å². The smallest absolute Gasteiger partial charge is 0.225 e. The number of tetrazole rings is 1. The molecule has 9 heteroatoms. The van der Waals surface area contributed by atoms with Gasteiger partial charge in [0, 0.05) is 37.5 Å². The normalized spacial score (nSPS) is 17.1. The largest absolute Gasteiger partial charge is 0.351 e. The Balaban J connectivity index is 1.44. The topological polar surface area (TPSA) is 93.0 Å². The van der Waals surface area contributed by atoms with E-state index in [1.165, 1.54) is 6.33 Å². The lowest BCUT2D eigenvalue weighted by atomic mass is 10.2. The number of hydrogen-bond acceptors (Lipinski definition) is 5. The highest BCUT2D eigenvalue weighted by Gasteiger charge is 2.30. The van der Waals surface area contributed by atoms with E-state index in [9.17, 15) is 9.59 Å². The van der Waals surface area contributed by atoms with Gasteiger partial charge in [-0.2, -0.15) is 0 Å². The number of nitrogens with zero attached hydrogens (tertiary/aromatic N) is 5. The molecule has 8 nitrogen and oxygen atoms in total. The number of aromatic nitrogens is 4. The highest BCUT2D eigenvalue weighted by Crippen LogP contribution is 2.20. The van der Waals surface area contributed by atoms with E-state index in [0.717, 1.165) is 5.56 Å². The first-order valence-electron chi connectivity index (χ1n) is 8.13. The fourth-order valence-electron chi connectivity index (χ4n) is 2.84. The zero-order chi connectivity index (χ0) is 17.6. The third kappa shape index (κ3) is 4.76. The van der Waals surface area contributed by atoms with Gasteiger partial charge in [0.05, 0.1) is 6.04 Å². The minimum Gasteiger partial charge on any atom is -0.351 e. The van der Waals surface area contributed by atoms with Crippen molar-refractivity contribution in [2.24, 2.45) is 0 Å². The number of halogens is 1. The third-order valence-corrected chi connectivity index (χ3v) is 4.45. The highest BCUT2D eigenvalue weighted by molar-refractivity contribution is 6.31. The van der Waals surface area contributed by atoms with E-state index in [-0.39, 0.29) is 17.9 Å². The standard InChI is InChI=1S/C16H19ClN6O2/c17-14-5-2-1-4-12(14)9-22-10-13(8-16(22)25)19-15(24)6-3-7-23-11-18-20-21-23/h1-2,4-5,11,13H,3,6-10H2,(H,19,24)/t13-/m0/s1. The Morgan fingerprint density at radius 1 is 1.36 bits per heavy atom. The van der Waals surface area contributed by atoms with Crippen LogP contribution in [0.3, 0.4) is 0 Å². The molecule has 0 saturated carbocycles. The van der Waals surface area contributed by atoms with E-state index >= 15 is 0 Å². The summed E-state index contributed by atoms with van der Waals surface area (Å²) in [6.45, 7) is 1.55. The molecule has 1 aliphatic rings. The number of rotatable bonds is 7. The highest BCUT2D eigenvalue weighted by atomic mass is 35.5. The lowest BCUT2D eigenvalue weighted by Gasteiger charge is -2.18. The molecule has 1 aliphatic heterocycles. The fraction of sp³-hybridized carbons (Fsp3) is 0.438. The van der Waals surface area contributed by atoms with Gasteiger partial charge >= 0.3 is 0 Å². The monoisotopic (exact) mass is 362 g/mol. The van der Waals surface area contributed by atoms with Crippen LogP contribution in [0.2, 0.25) is 5.02 Å². The molecule has 0 spiro atoms. The van der Waals surface area contributed by atoms with Gasteiger partial charge in [-0.3, -0.25) is 9.59 Å². The second-order valence-electron chi connectivity index (χ2n) is 6.01. The maximum Gasteiger partial charge on any atom is 0.225 e. The van der Waals surface area contributed by atoms with Gasteiger partial charge in [0.25, 0.3) is 0 Å². The molecule has 1 saturated heterocycles. The maximum atomic E-state index is 12.2. The summed E-state index contributed by atoms with van der Waals surface area (Å²) in [6, 6.07) is 7.30. The van der Waals surface area contributed by atoms with Crippen molar-refractivity contribution >= 4 is 23.4 Å². The van der Waals surface area contributed by atoms with Crippen molar-refractivity contribution in [1.29, 1.82) is 0 Å². The van der Waals surface area contributed by atoms with E-state index in [1.54, 1.807) is 15.6 Å². The van der Waals surface area contributed by atoms with Gasteiger partial charge < -0.3 is 10.2 Å². The number of carbonyl (C=O) groups is 2. The number of aryl methyl sites for hydroxylation is 1. The van der Waals surface area contributed by atoms with Crippen LogP contribution in [0.25, 0.3) is 0 Å². The van der Waals surface area contributed by atoms with Gasteiger partial charge in [0.1, 0.15) is 6.33 Å². The van der Waals surface area contributed by atoms with Crippen LogP contribution >= 0.6 is 11.6 Å². The first-order valence-corrected chi connectivity index (χ1v) is 8.51. The first kappa shape index (κ1) is 17.3. The van der Waals surface area contributed by atoms with Crippen molar-refractivity contribution in [3.63, 3.8) is 0 Å². The van der Waals surface area contributed by atoms with Crippen LogP contribution in [0.15, 0.2) is 30.6 Å². The van der Waals surface area contributed by atoms with Crippen molar-refractivity contribution in [2.45, 2.75) is 38.4 Å². The average Bonchev–Trinajstić information content (AvgIpc) is 3.20. The van der Waals surface area contributed by atoms with Crippen molar-refractivity contribution in [2.75, 3.05) is 6.54 Å². The predicted octanol–water partition coefficient (Wildman–Crippen LogP) is 1.02. The van der Waals surface area contributed by atoms with E-state index < -0.39 is 0 Å². The number of benzene rings is 1. The summed E-state index contributed by atoms with van der Waals surface area (Å²) in [5.41, 5.74) is 0.908. The summed E-state index contributed by atoms with van der Waals surface area (Å²) in [5, 5.41) is 14.4. The number of nitrogens with one attached hydrogen (secondary N) is 1. The van der Waals surface area contributed by atoms with Gasteiger partial charge in [-0.1, -0.05) is 29.8 Å². The number of hydrogen-bond donors (Lipinski definition) is 1. The van der Waals surface area contributed by atoms with Gasteiger partial charge in [0.2, 0.25) is 11.8 Å². The first-order chi connectivity index (χ1) is 12.1. The quantitative estimate of drug-likeness (QED) is 0.793. The molecule has 2 aromatic rings. The molecule has 0 radical (unpaired) electrons. The van der Waals surface area contributed by atoms with Gasteiger partial charge in [-0.25, -0.2) is 4.68 Å². The van der Waals surface area contributed by atoms with Gasteiger partial charge in [0.15, 0.2) is 0 Å². The molecule has 0 aliphatic carbocycles. The number of carbonyl (C=O) groups excluding carboxylic acids is 2. The summed E-state index contributed by atoms with van der Waals surface area (Å²) in [6.07, 6.45) is 2.85. The molecule has 132 valence electrons. The molecule has 0 unspecified atom stereocenters. The van der Waals surface area contributed by atoms with Crippen molar-refractivity contribution < 1.29 is 9.59 Å². The van der Waals surface area contributed by atoms with Gasteiger partial charge in [-0.05, 0) is 28.5 Å². The van der Waals surface area contributed by atoms with Crippen LogP contribution < -0.4 is 5.32 Å². The minimum absolute atomic E-state index is 0.0268. The van der Waals surface area contributed by atoms with Crippen LogP contribution in [0.4, 0.5) is 0 Å². The summed E-state index contributed by atoms with van der Waals surface area (Å²) < 4.78 is 1.58. The SMILES string of the molecule is O=C(CCCn1cnnn1)N[C@H]1CC(=O)N(Cc2ccccc2Cl)C1. The summed E-state index contributed by atoms with van der Waals surface area (Å²) in [5.74, 6) is -0.0376. The lowest BCUT2D eigenvalue weighted by Crippen LogP contribution is -2.37. The molecule has 1 aromatic carbocycles. The Morgan fingerprint density at radius 3 is 2.96 bits per heavy atom. The zero-order valence-electron chi connectivity index (χ0n) is 13.6. The molecule has 1 aromatic heterocycles. The van der Waals surface area contributed by atoms with E-state index in [2.05, 4.69) is 20.8 Å². The fourth-order valence-corrected chi connectivity index (χ4v) is 3.03. The number of amides is 2. The van der Waals surface area contributed by atoms with Gasteiger partial charge in [-0.15, -0.1) is 5.10 Å². The minimum atomic E-state index is -0.157. The van der Waals surface area contributed by atoms with Crippen molar-refractivity contribution in [3.8, 4) is 0 Å². The Kier molecular flexibility index (Phi) is 5.60. The summed E-state index contributed by atoms with van der Waals surface area (Å²) >= 11 is 6.15. The van der Waals surface area contributed by atoms with E-state index in [4.69, 9.17) is 11.6 Å². The molecule has 2 heterocycles. The summed E-state index contributed by atoms with van der Waals surface area (Å²) in [7, 11) is 0. The average molecular weight is 363 g/mol.